The van der Waals surface area contributed by atoms with Crippen molar-refractivity contribution in [1.29, 1.82) is 0 Å². The largest absolute Gasteiger partial charge is 0.385 e. The van der Waals surface area contributed by atoms with E-state index in [-0.39, 0.29) is 12.0 Å². The van der Waals surface area contributed by atoms with Gasteiger partial charge in [0.1, 0.15) is 0 Å². The number of carbonyl (C=O) groups excluding carboxylic acids is 1. The highest BCUT2D eigenvalue weighted by atomic mass is 19.2. The van der Waals surface area contributed by atoms with E-state index >= 15 is 0 Å². The monoisotopic (exact) mass is 232 g/mol. The van der Waals surface area contributed by atoms with Gasteiger partial charge in [-0.15, -0.1) is 0 Å². The van der Waals surface area contributed by atoms with Crippen molar-refractivity contribution in [3.63, 3.8) is 0 Å². The van der Waals surface area contributed by atoms with E-state index in [1.165, 1.54) is 7.11 Å². The number of hydrogen-bond donors (Lipinski definition) is 0. The maximum Gasteiger partial charge on any atom is 0.194 e. The summed E-state index contributed by atoms with van der Waals surface area (Å²) in [7, 11) is 1.49. The van der Waals surface area contributed by atoms with Gasteiger partial charge in [0.25, 0.3) is 0 Å². The fraction of sp³-hybridized carbons (Fsp3) is 0.364. The second-order valence-corrected chi connectivity index (χ2v) is 3.27. The Hall–Kier alpha value is -1.36. The topological polar surface area (TPSA) is 26.3 Å². The smallest absolute Gasteiger partial charge is 0.194 e. The van der Waals surface area contributed by atoms with E-state index < -0.39 is 23.2 Å². The van der Waals surface area contributed by atoms with Crippen LogP contribution < -0.4 is 0 Å². The van der Waals surface area contributed by atoms with Crippen molar-refractivity contribution >= 4 is 5.78 Å². The molecule has 2 nitrogen and oxygen atoms in total. The van der Waals surface area contributed by atoms with Crippen LogP contribution in [0.25, 0.3) is 0 Å². The summed E-state index contributed by atoms with van der Waals surface area (Å²) in [6, 6.07) is 1.40. The summed E-state index contributed by atoms with van der Waals surface area (Å²) < 4.78 is 42.9. The first kappa shape index (κ1) is 12.7. The molecule has 0 spiro atoms. The fourth-order valence-corrected chi connectivity index (χ4v) is 1.24. The molecule has 1 aromatic carbocycles. The Balaban J connectivity index is 2.76. The molecule has 88 valence electrons. The Morgan fingerprint density at radius 2 is 1.81 bits per heavy atom. The van der Waals surface area contributed by atoms with Crippen molar-refractivity contribution in [2.45, 2.75) is 12.8 Å². The Bertz CT molecular complexity index is 368. The molecule has 0 heterocycles. The molecule has 0 aliphatic carbocycles. The van der Waals surface area contributed by atoms with E-state index in [1.54, 1.807) is 0 Å². The van der Waals surface area contributed by atoms with Gasteiger partial charge in [-0.2, -0.15) is 0 Å². The van der Waals surface area contributed by atoms with Crippen LogP contribution >= 0.6 is 0 Å². The Labute approximate surface area is 91.0 Å². The Morgan fingerprint density at radius 3 is 2.31 bits per heavy atom. The predicted molar refractivity (Wildman–Crippen MR) is 51.8 cm³/mol. The molecule has 0 N–H and O–H groups in total. The molecule has 5 heteroatoms. The first-order valence-electron chi connectivity index (χ1n) is 4.73. The summed E-state index contributed by atoms with van der Waals surface area (Å²) in [6.07, 6.45) is 0.564. The lowest BCUT2D eigenvalue weighted by atomic mass is 10.1. The zero-order valence-corrected chi connectivity index (χ0v) is 8.73. The third-order valence-corrected chi connectivity index (χ3v) is 2.06. The van der Waals surface area contributed by atoms with Gasteiger partial charge in [0.2, 0.25) is 0 Å². The second-order valence-electron chi connectivity index (χ2n) is 3.27. The van der Waals surface area contributed by atoms with Crippen LogP contribution in [0.5, 0.6) is 0 Å². The number of Topliss-reactive ketones (excluding diaryl/α,β-unsaturated/α-hetero) is 1. The lowest BCUT2D eigenvalue weighted by Crippen LogP contribution is -2.04. The average molecular weight is 232 g/mol. The molecule has 0 unspecified atom stereocenters. The van der Waals surface area contributed by atoms with Crippen LogP contribution in [0.1, 0.15) is 23.2 Å². The molecule has 0 aromatic heterocycles. The highest BCUT2D eigenvalue weighted by Gasteiger charge is 2.14. The minimum Gasteiger partial charge on any atom is -0.385 e. The zero-order valence-electron chi connectivity index (χ0n) is 8.73. The van der Waals surface area contributed by atoms with Crippen molar-refractivity contribution in [3.8, 4) is 0 Å². The van der Waals surface area contributed by atoms with E-state index in [0.29, 0.717) is 25.2 Å². The predicted octanol–water partition coefficient (Wildman–Crippen LogP) is 2.71. The van der Waals surface area contributed by atoms with E-state index in [2.05, 4.69) is 0 Å². The summed E-state index contributed by atoms with van der Waals surface area (Å²) in [5.41, 5.74) is -0.160. The Morgan fingerprint density at radius 1 is 1.25 bits per heavy atom. The lowest BCUT2D eigenvalue weighted by Gasteiger charge is -2.02. The van der Waals surface area contributed by atoms with E-state index in [4.69, 9.17) is 4.74 Å². The van der Waals surface area contributed by atoms with Gasteiger partial charge in [-0.25, -0.2) is 13.2 Å². The molecule has 0 atom stereocenters. The van der Waals surface area contributed by atoms with Crippen LogP contribution in [0.2, 0.25) is 0 Å². The van der Waals surface area contributed by atoms with E-state index in [0.717, 1.165) is 0 Å². The minimum absolute atomic E-state index is 0.109. The minimum atomic E-state index is -1.56. The van der Waals surface area contributed by atoms with Crippen LogP contribution in [-0.4, -0.2) is 19.5 Å². The van der Waals surface area contributed by atoms with Crippen LogP contribution in [0.3, 0.4) is 0 Å². The van der Waals surface area contributed by atoms with Gasteiger partial charge < -0.3 is 4.74 Å². The van der Waals surface area contributed by atoms with Crippen molar-refractivity contribution in [2.24, 2.45) is 0 Å². The number of halogens is 3. The lowest BCUT2D eigenvalue weighted by molar-refractivity contribution is 0.0962. The summed E-state index contributed by atoms with van der Waals surface area (Å²) in [5, 5.41) is 0. The van der Waals surface area contributed by atoms with Crippen LogP contribution in [-0.2, 0) is 4.74 Å². The van der Waals surface area contributed by atoms with Crippen LogP contribution in [0, 0.1) is 17.5 Å². The zero-order chi connectivity index (χ0) is 12.1. The van der Waals surface area contributed by atoms with Gasteiger partial charge in [0.05, 0.1) is 0 Å². The molecular formula is C11H11F3O2. The fourth-order valence-electron chi connectivity index (χ4n) is 1.24. The highest BCUT2D eigenvalue weighted by molar-refractivity contribution is 5.96. The molecule has 0 amide bonds. The van der Waals surface area contributed by atoms with Gasteiger partial charge in [0.15, 0.2) is 23.2 Å². The van der Waals surface area contributed by atoms with Gasteiger partial charge in [-0.1, -0.05) is 0 Å². The molecule has 0 saturated heterocycles. The molecule has 0 radical (unpaired) electrons. The SMILES string of the molecule is COCCCC(=O)c1cc(F)c(F)c(F)c1. The number of rotatable bonds is 5. The standard InChI is InChI=1S/C11H11F3O2/c1-16-4-2-3-10(15)7-5-8(12)11(14)9(13)6-7/h5-6H,2-4H2,1H3. The normalized spacial score (nSPS) is 10.5. The van der Waals surface area contributed by atoms with Gasteiger partial charge in [0, 0.05) is 25.7 Å². The maximum absolute atomic E-state index is 12.8. The second kappa shape index (κ2) is 5.65. The summed E-state index contributed by atoms with van der Waals surface area (Å²) in [4.78, 5) is 11.4. The van der Waals surface area contributed by atoms with Gasteiger partial charge in [-0.3, -0.25) is 4.79 Å². The Kier molecular flexibility index (Phi) is 4.49. The molecule has 0 fully saturated rings. The third-order valence-electron chi connectivity index (χ3n) is 2.06. The molecule has 1 rings (SSSR count). The number of benzene rings is 1. The molecule has 0 aliphatic heterocycles. The molecule has 0 aliphatic rings. The first-order chi connectivity index (χ1) is 7.56. The van der Waals surface area contributed by atoms with Crippen LogP contribution in [0.4, 0.5) is 13.2 Å². The summed E-state index contributed by atoms with van der Waals surface area (Å²) in [6.45, 7) is 0.387. The number of ketones is 1. The highest BCUT2D eigenvalue weighted by Crippen LogP contribution is 2.15. The number of methoxy groups -OCH3 is 1. The molecule has 1 aromatic rings. The number of ether oxygens (including phenoxy) is 1. The first-order valence-corrected chi connectivity index (χ1v) is 4.73. The molecular weight excluding hydrogens is 221 g/mol. The quantitative estimate of drug-likeness (QED) is 0.443. The molecule has 0 saturated carbocycles. The van der Waals surface area contributed by atoms with Crippen molar-refractivity contribution in [2.75, 3.05) is 13.7 Å². The van der Waals surface area contributed by atoms with E-state index in [9.17, 15) is 18.0 Å². The van der Waals surface area contributed by atoms with Crippen molar-refractivity contribution in [1.82, 2.24) is 0 Å². The van der Waals surface area contributed by atoms with Crippen LogP contribution in [0.15, 0.2) is 12.1 Å². The number of carbonyl (C=O) groups is 1. The van der Waals surface area contributed by atoms with Crippen molar-refractivity contribution in [3.05, 3.63) is 35.1 Å². The average Bonchev–Trinajstić information content (AvgIpc) is 2.25. The van der Waals surface area contributed by atoms with Crippen molar-refractivity contribution < 1.29 is 22.7 Å². The molecule has 16 heavy (non-hydrogen) atoms. The number of hydrogen-bond acceptors (Lipinski definition) is 2. The van der Waals surface area contributed by atoms with E-state index in [1.807, 2.05) is 0 Å². The molecule has 0 bridgehead atoms. The maximum atomic E-state index is 12.8. The summed E-state index contributed by atoms with van der Waals surface area (Å²) >= 11 is 0. The summed E-state index contributed by atoms with van der Waals surface area (Å²) in [5.74, 6) is -4.70. The van der Waals surface area contributed by atoms with Gasteiger partial charge in [-0.05, 0) is 18.6 Å². The van der Waals surface area contributed by atoms with Gasteiger partial charge >= 0.3 is 0 Å². The third kappa shape index (κ3) is 3.06.